The van der Waals surface area contributed by atoms with Gasteiger partial charge in [-0.2, -0.15) is 0 Å². The van der Waals surface area contributed by atoms with E-state index in [1.807, 2.05) is 24.3 Å². The van der Waals surface area contributed by atoms with Gasteiger partial charge in [-0.05, 0) is 47.3 Å². The summed E-state index contributed by atoms with van der Waals surface area (Å²) in [6.07, 6.45) is -0.278. The molecular formula is C49H33N5. The van der Waals surface area contributed by atoms with E-state index in [2.05, 4.69) is 178 Å². The Balaban J connectivity index is 1.18. The van der Waals surface area contributed by atoms with E-state index in [9.17, 15) is 0 Å². The number of benzene rings is 8. The van der Waals surface area contributed by atoms with E-state index in [0.29, 0.717) is 5.84 Å². The lowest BCUT2D eigenvalue weighted by atomic mass is 10.0. The van der Waals surface area contributed by atoms with Crippen molar-refractivity contribution in [1.82, 2.24) is 14.5 Å². The van der Waals surface area contributed by atoms with Gasteiger partial charge in [0.15, 0.2) is 5.84 Å². The maximum absolute atomic E-state index is 5.19. The summed E-state index contributed by atoms with van der Waals surface area (Å²) in [5.41, 5.74) is 10.1. The first-order valence-corrected chi connectivity index (χ1v) is 18.4. The number of hydrogen-bond acceptors (Lipinski definition) is 3. The van der Waals surface area contributed by atoms with Crippen LogP contribution in [0.2, 0.25) is 0 Å². The highest BCUT2D eigenvalue weighted by atomic mass is 15.2. The molecule has 5 heteroatoms. The van der Waals surface area contributed by atoms with Crippen LogP contribution in [0.4, 0.5) is 0 Å². The summed E-state index contributed by atoms with van der Waals surface area (Å²) in [5, 5.41) is 10.9. The molecule has 1 aliphatic heterocycles. The van der Waals surface area contributed by atoms with E-state index in [1.54, 1.807) is 0 Å². The van der Waals surface area contributed by atoms with Gasteiger partial charge in [0.25, 0.3) is 0 Å². The number of hydrogen-bond donors (Lipinski definition) is 1. The molecule has 3 heterocycles. The normalized spacial score (nSPS) is 14.5. The summed E-state index contributed by atoms with van der Waals surface area (Å²) in [6.45, 7) is 0. The van der Waals surface area contributed by atoms with Crippen molar-refractivity contribution >= 4 is 66.1 Å². The molecule has 11 rings (SSSR count). The molecule has 1 aliphatic rings. The molecule has 0 fully saturated rings. The molecular weight excluding hydrogens is 659 g/mol. The van der Waals surface area contributed by atoms with Gasteiger partial charge in [0.2, 0.25) is 0 Å². The van der Waals surface area contributed by atoms with E-state index >= 15 is 0 Å². The van der Waals surface area contributed by atoms with Crippen LogP contribution in [-0.2, 0) is 0 Å². The fourth-order valence-corrected chi connectivity index (χ4v) is 8.42. The second-order valence-electron chi connectivity index (χ2n) is 13.8. The number of amidine groups is 2. The van der Waals surface area contributed by atoms with Gasteiger partial charge in [0.1, 0.15) is 12.0 Å². The topological polar surface area (TPSA) is 46.6 Å². The first kappa shape index (κ1) is 30.4. The Bertz CT molecular complexity index is 3120. The predicted molar refractivity (Wildman–Crippen MR) is 224 cm³/mol. The molecule has 0 spiro atoms. The van der Waals surface area contributed by atoms with Crippen LogP contribution in [0.1, 0.15) is 22.9 Å². The highest BCUT2D eigenvalue weighted by molar-refractivity contribution is 6.27. The van der Waals surface area contributed by atoms with Crippen LogP contribution >= 0.6 is 0 Å². The minimum Gasteiger partial charge on any atom is -0.344 e. The molecule has 0 amide bonds. The Morgan fingerprint density at radius 1 is 0.444 bits per heavy atom. The van der Waals surface area contributed by atoms with E-state index in [1.165, 1.54) is 43.6 Å². The molecule has 254 valence electrons. The Hall–Kier alpha value is -7.24. The van der Waals surface area contributed by atoms with E-state index in [-0.39, 0.29) is 6.17 Å². The highest BCUT2D eigenvalue weighted by Crippen LogP contribution is 2.43. The molecule has 54 heavy (non-hydrogen) atoms. The zero-order valence-corrected chi connectivity index (χ0v) is 29.3. The van der Waals surface area contributed by atoms with Crippen LogP contribution in [0.3, 0.4) is 0 Å². The summed E-state index contributed by atoms with van der Waals surface area (Å²) < 4.78 is 4.88. The summed E-state index contributed by atoms with van der Waals surface area (Å²) in [7, 11) is 0. The lowest BCUT2D eigenvalue weighted by Crippen LogP contribution is -2.33. The van der Waals surface area contributed by atoms with E-state index in [0.717, 1.165) is 44.7 Å². The SMILES string of the molecule is c1ccc(C2=NC(c3ccccc3)NC(c3cccc4c(-n5c6ccccc6c6ccc7c(c8ccccc8n7-c7ccccc7)c65)cccc34)=N2)cc1. The lowest BCUT2D eigenvalue weighted by Gasteiger charge is -2.24. The van der Waals surface area contributed by atoms with Crippen LogP contribution < -0.4 is 5.32 Å². The average molecular weight is 692 g/mol. The second kappa shape index (κ2) is 12.2. The lowest BCUT2D eigenvalue weighted by molar-refractivity contribution is 0.674. The molecule has 10 aromatic rings. The molecule has 0 bridgehead atoms. The minimum atomic E-state index is -0.278. The minimum absolute atomic E-state index is 0.278. The van der Waals surface area contributed by atoms with Gasteiger partial charge in [-0.25, -0.2) is 9.98 Å². The van der Waals surface area contributed by atoms with Crippen molar-refractivity contribution in [3.8, 4) is 11.4 Å². The Morgan fingerprint density at radius 2 is 1.07 bits per heavy atom. The predicted octanol–water partition coefficient (Wildman–Crippen LogP) is 11.5. The van der Waals surface area contributed by atoms with E-state index < -0.39 is 0 Å². The number of aliphatic imine (C=N–C) groups is 2. The maximum Gasteiger partial charge on any atom is 0.159 e. The molecule has 2 aromatic heterocycles. The van der Waals surface area contributed by atoms with Gasteiger partial charge in [0, 0.05) is 43.7 Å². The van der Waals surface area contributed by atoms with Crippen LogP contribution in [0.5, 0.6) is 0 Å². The van der Waals surface area contributed by atoms with Gasteiger partial charge in [-0.15, -0.1) is 0 Å². The van der Waals surface area contributed by atoms with E-state index in [4.69, 9.17) is 9.98 Å². The van der Waals surface area contributed by atoms with Gasteiger partial charge < -0.3 is 14.5 Å². The van der Waals surface area contributed by atoms with Gasteiger partial charge in [0.05, 0.1) is 27.8 Å². The zero-order chi connectivity index (χ0) is 35.6. The van der Waals surface area contributed by atoms with Gasteiger partial charge in [-0.3, -0.25) is 0 Å². The van der Waals surface area contributed by atoms with Crippen molar-refractivity contribution in [3.05, 3.63) is 205 Å². The molecule has 1 unspecified atom stereocenters. The van der Waals surface area contributed by atoms with Gasteiger partial charge in [-0.1, -0.05) is 152 Å². The summed E-state index contributed by atoms with van der Waals surface area (Å²) >= 11 is 0. The van der Waals surface area contributed by atoms with Crippen LogP contribution in [0.25, 0.3) is 65.8 Å². The monoisotopic (exact) mass is 691 g/mol. The van der Waals surface area contributed by atoms with Crippen molar-refractivity contribution in [2.75, 3.05) is 0 Å². The fourth-order valence-electron chi connectivity index (χ4n) is 8.42. The third kappa shape index (κ3) is 4.65. The number of fused-ring (bicyclic) bond motifs is 8. The molecule has 0 saturated heterocycles. The van der Waals surface area contributed by atoms with Crippen LogP contribution in [0, 0.1) is 0 Å². The Morgan fingerprint density at radius 3 is 1.87 bits per heavy atom. The highest BCUT2D eigenvalue weighted by Gasteiger charge is 2.24. The zero-order valence-electron chi connectivity index (χ0n) is 29.3. The smallest absolute Gasteiger partial charge is 0.159 e. The largest absolute Gasteiger partial charge is 0.344 e. The molecule has 0 aliphatic carbocycles. The Kier molecular flexibility index (Phi) is 6.85. The van der Waals surface area contributed by atoms with Crippen molar-refractivity contribution in [3.63, 3.8) is 0 Å². The number of nitrogens with zero attached hydrogens (tertiary/aromatic N) is 4. The summed E-state index contributed by atoms with van der Waals surface area (Å²) in [4.78, 5) is 10.3. The molecule has 1 atom stereocenters. The molecule has 0 radical (unpaired) electrons. The average Bonchev–Trinajstić information content (AvgIpc) is 3.77. The van der Waals surface area contributed by atoms with Gasteiger partial charge >= 0.3 is 0 Å². The van der Waals surface area contributed by atoms with Crippen LogP contribution in [-0.4, -0.2) is 20.8 Å². The second-order valence-corrected chi connectivity index (χ2v) is 13.8. The maximum atomic E-state index is 5.19. The fraction of sp³-hybridized carbons (Fsp3) is 0.0204. The third-order valence-electron chi connectivity index (χ3n) is 10.8. The molecule has 1 N–H and O–H groups in total. The quantitative estimate of drug-likeness (QED) is 0.192. The standard InChI is InChI=1S/C49H33N5/c1-4-16-32(17-5-1)47-50-48(33-18-6-2-7-19-33)52-49(51-47)39-26-14-25-36-35(39)24-15-29-42(36)54-41-27-12-10-22-37(41)38-30-31-44-45(46(38)54)40-23-11-13-28-43(40)53(44)34-20-8-3-9-21-34/h1-31,47H,(H,50,51,52). The number of para-hydroxylation sites is 3. The first-order valence-electron chi connectivity index (χ1n) is 18.4. The van der Waals surface area contributed by atoms with Crippen molar-refractivity contribution < 1.29 is 0 Å². The van der Waals surface area contributed by atoms with Crippen molar-refractivity contribution in [1.29, 1.82) is 0 Å². The van der Waals surface area contributed by atoms with Crippen molar-refractivity contribution in [2.45, 2.75) is 6.17 Å². The first-order chi connectivity index (χ1) is 26.8. The number of rotatable bonds is 5. The van der Waals surface area contributed by atoms with Crippen molar-refractivity contribution in [2.24, 2.45) is 9.98 Å². The summed E-state index contributed by atoms with van der Waals surface area (Å²) in [6, 6.07) is 66.7. The molecule has 5 nitrogen and oxygen atoms in total. The van der Waals surface area contributed by atoms with Crippen LogP contribution in [0.15, 0.2) is 198 Å². The molecule has 0 saturated carbocycles. The number of nitrogens with one attached hydrogen (secondary N) is 1. The number of aromatic nitrogens is 2. The Labute approximate surface area is 311 Å². The summed E-state index contributed by atoms with van der Waals surface area (Å²) in [5.74, 6) is 1.52. The molecule has 8 aromatic carbocycles. The third-order valence-corrected chi connectivity index (χ3v) is 10.8.